The van der Waals surface area contributed by atoms with E-state index in [1.54, 1.807) is 0 Å². The van der Waals surface area contributed by atoms with E-state index < -0.39 is 0 Å². The standard InChI is InChI=1S/C11H22N2/c1-9-5-6-13(7-9)11(2,8-12)10-3-4-10/h9-10H,3-8,12H2,1-2H3. The number of likely N-dealkylation sites (tertiary alicyclic amines) is 1. The predicted octanol–water partition coefficient (Wildman–Crippen LogP) is 1.46. The van der Waals surface area contributed by atoms with Gasteiger partial charge in [-0.05, 0) is 44.6 Å². The number of rotatable bonds is 3. The van der Waals surface area contributed by atoms with Crippen molar-refractivity contribution >= 4 is 0 Å². The zero-order valence-corrected chi connectivity index (χ0v) is 8.92. The van der Waals surface area contributed by atoms with E-state index in [2.05, 4.69) is 18.7 Å². The zero-order chi connectivity index (χ0) is 9.47. The van der Waals surface area contributed by atoms with E-state index in [0.717, 1.165) is 18.4 Å². The summed E-state index contributed by atoms with van der Waals surface area (Å²) in [5.74, 6) is 1.77. The van der Waals surface area contributed by atoms with Crippen molar-refractivity contribution in [1.82, 2.24) is 4.90 Å². The molecule has 2 unspecified atom stereocenters. The number of hydrogen-bond acceptors (Lipinski definition) is 2. The maximum atomic E-state index is 5.93. The first-order valence-electron chi connectivity index (χ1n) is 5.62. The summed E-state index contributed by atoms with van der Waals surface area (Å²) < 4.78 is 0. The Kier molecular flexibility index (Phi) is 2.37. The molecule has 76 valence electrons. The summed E-state index contributed by atoms with van der Waals surface area (Å²) in [7, 11) is 0. The van der Waals surface area contributed by atoms with E-state index >= 15 is 0 Å². The lowest BCUT2D eigenvalue weighted by Crippen LogP contribution is -2.52. The van der Waals surface area contributed by atoms with Crippen LogP contribution in [0.4, 0.5) is 0 Å². The lowest BCUT2D eigenvalue weighted by Gasteiger charge is -2.38. The molecule has 2 heteroatoms. The molecule has 2 rings (SSSR count). The number of hydrogen-bond donors (Lipinski definition) is 1. The van der Waals surface area contributed by atoms with E-state index in [1.165, 1.54) is 32.4 Å². The number of nitrogens with two attached hydrogens (primary N) is 1. The lowest BCUT2D eigenvalue weighted by molar-refractivity contribution is 0.115. The van der Waals surface area contributed by atoms with Gasteiger partial charge in [-0.2, -0.15) is 0 Å². The molecule has 1 saturated heterocycles. The second kappa shape index (κ2) is 3.25. The summed E-state index contributed by atoms with van der Waals surface area (Å²) in [6, 6.07) is 0. The smallest absolute Gasteiger partial charge is 0.0331 e. The molecule has 1 aliphatic heterocycles. The second-order valence-corrected chi connectivity index (χ2v) is 5.18. The summed E-state index contributed by atoms with van der Waals surface area (Å²) in [5, 5.41) is 0. The molecule has 13 heavy (non-hydrogen) atoms. The van der Waals surface area contributed by atoms with E-state index in [4.69, 9.17) is 5.73 Å². The van der Waals surface area contributed by atoms with Crippen LogP contribution in [0.2, 0.25) is 0 Å². The van der Waals surface area contributed by atoms with Gasteiger partial charge in [0.25, 0.3) is 0 Å². The topological polar surface area (TPSA) is 29.3 Å². The Balaban J connectivity index is 2.03. The molecule has 0 bridgehead atoms. The molecule has 0 spiro atoms. The lowest BCUT2D eigenvalue weighted by atomic mass is 9.94. The maximum absolute atomic E-state index is 5.93. The van der Waals surface area contributed by atoms with Crippen molar-refractivity contribution in [1.29, 1.82) is 0 Å². The highest BCUT2D eigenvalue weighted by Crippen LogP contribution is 2.44. The highest BCUT2D eigenvalue weighted by Gasteiger charge is 2.45. The molecule has 2 N–H and O–H groups in total. The predicted molar refractivity (Wildman–Crippen MR) is 55.5 cm³/mol. The van der Waals surface area contributed by atoms with Gasteiger partial charge in [0.15, 0.2) is 0 Å². The quantitative estimate of drug-likeness (QED) is 0.716. The third kappa shape index (κ3) is 1.62. The highest BCUT2D eigenvalue weighted by molar-refractivity contribution is 5.01. The van der Waals surface area contributed by atoms with Crippen LogP contribution in [0.15, 0.2) is 0 Å². The summed E-state index contributed by atoms with van der Waals surface area (Å²) in [6.45, 7) is 8.09. The molecule has 2 atom stereocenters. The summed E-state index contributed by atoms with van der Waals surface area (Å²) >= 11 is 0. The van der Waals surface area contributed by atoms with Crippen molar-refractivity contribution in [3.05, 3.63) is 0 Å². The fraction of sp³-hybridized carbons (Fsp3) is 1.00. The van der Waals surface area contributed by atoms with E-state index in [0.29, 0.717) is 5.54 Å². The monoisotopic (exact) mass is 182 g/mol. The first kappa shape index (κ1) is 9.47. The minimum absolute atomic E-state index is 0.324. The average Bonchev–Trinajstić information content (AvgIpc) is 2.89. The van der Waals surface area contributed by atoms with Gasteiger partial charge in [0.1, 0.15) is 0 Å². The molecule has 0 aromatic rings. The molecular weight excluding hydrogens is 160 g/mol. The Morgan fingerprint density at radius 3 is 2.46 bits per heavy atom. The molecule has 1 saturated carbocycles. The van der Waals surface area contributed by atoms with Gasteiger partial charge in [-0.3, -0.25) is 4.90 Å². The molecule has 0 aromatic carbocycles. The molecule has 0 aromatic heterocycles. The van der Waals surface area contributed by atoms with Crippen molar-refractivity contribution in [2.24, 2.45) is 17.6 Å². The Labute approximate surface area is 81.5 Å². The molecule has 0 radical (unpaired) electrons. The normalized spacial score (nSPS) is 34.8. The van der Waals surface area contributed by atoms with Crippen LogP contribution in [0.1, 0.15) is 33.1 Å². The van der Waals surface area contributed by atoms with E-state index in [-0.39, 0.29) is 0 Å². The highest BCUT2D eigenvalue weighted by atomic mass is 15.2. The molecule has 2 aliphatic rings. The number of nitrogens with zero attached hydrogens (tertiary/aromatic N) is 1. The van der Waals surface area contributed by atoms with Gasteiger partial charge < -0.3 is 5.73 Å². The molecular formula is C11H22N2. The second-order valence-electron chi connectivity index (χ2n) is 5.18. The Hall–Kier alpha value is -0.0800. The van der Waals surface area contributed by atoms with Gasteiger partial charge in [0, 0.05) is 18.6 Å². The van der Waals surface area contributed by atoms with Crippen molar-refractivity contribution in [2.45, 2.75) is 38.6 Å². The van der Waals surface area contributed by atoms with Crippen LogP contribution in [0.25, 0.3) is 0 Å². The minimum atomic E-state index is 0.324. The molecule has 2 fully saturated rings. The van der Waals surface area contributed by atoms with Crippen LogP contribution in [-0.4, -0.2) is 30.1 Å². The molecule has 1 heterocycles. The van der Waals surface area contributed by atoms with Gasteiger partial charge in [-0.1, -0.05) is 6.92 Å². The Morgan fingerprint density at radius 2 is 2.08 bits per heavy atom. The van der Waals surface area contributed by atoms with Crippen molar-refractivity contribution in [3.8, 4) is 0 Å². The van der Waals surface area contributed by atoms with Crippen LogP contribution < -0.4 is 5.73 Å². The van der Waals surface area contributed by atoms with Crippen LogP contribution in [0.5, 0.6) is 0 Å². The van der Waals surface area contributed by atoms with Crippen molar-refractivity contribution in [3.63, 3.8) is 0 Å². The van der Waals surface area contributed by atoms with Gasteiger partial charge in [-0.15, -0.1) is 0 Å². The largest absolute Gasteiger partial charge is 0.329 e. The van der Waals surface area contributed by atoms with Crippen LogP contribution in [0, 0.1) is 11.8 Å². The first-order chi connectivity index (χ1) is 6.16. The van der Waals surface area contributed by atoms with E-state index in [1.807, 2.05) is 0 Å². The maximum Gasteiger partial charge on any atom is 0.0331 e. The van der Waals surface area contributed by atoms with Gasteiger partial charge in [0.05, 0.1) is 0 Å². The summed E-state index contributed by atoms with van der Waals surface area (Å²) in [4.78, 5) is 2.63. The zero-order valence-electron chi connectivity index (χ0n) is 8.92. The third-order valence-corrected chi connectivity index (χ3v) is 4.02. The summed E-state index contributed by atoms with van der Waals surface area (Å²) in [5.41, 5.74) is 6.26. The minimum Gasteiger partial charge on any atom is -0.329 e. The van der Waals surface area contributed by atoms with Crippen LogP contribution >= 0.6 is 0 Å². The fourth-order valence-electron chi connectivity index (χ4n) is 2.66. The molecule has 0 amide bonds. The Bertz CT molecular complexity index is 189. The van der Waals surface area contributed by atoms with Gasteiger partial charge in [-0.25, -0.2) is 0 Å². The van der Waals surface area contributed by atoms with Crippen LogP contribution in [0.3, 0.4) is 0 Å². The Morgan fingerprint density at radius 1 is 1.38 bits per heavy atom. The van der Waals surface area contributed by atoms with Crippen molar-refractivity contribution in [2.75, 3.05) is 19.6 Å². The molecule has 1 aliphatic carbocycles. The van der Waals surface area contributed by atoms with Gasteiger partial charge >= 0.3 is 0 Å². The van der Waals surface area contributed by atoms with E-state index in [9.17, 15) is 0 Å². The fourth-order valence-corrected chi connectivity index (χ4v) is 2.66. The third-order valence-electron chi connectivity index (χ3n) is 4.02. The SMILES string of the molecule is CC1CCN(C(C)(CN)C2CC2)C1. The average molecular weight is 182 g/mol. The van der Waals surface area contributed by atoms with Crippen LogP contribution in [-0.2, 0) is 0 Å². The summed E-state index contributed by atoms with van der Waals surface area (Å²) in [6.07, 6.45) is 4.17. The van der Waals surface area contributed by atoms with Gasteiger partial charge in [0.2, 0.25) is 0 Å². The molecule has 2 nitrogen and oxygen atoms in total. The van der Waals surface area contributed by atoms with Crippen molar-refractivity contribution < 1.29 is 0 Å². The first-order valence-corrected chi connectivity index (χ1v) is 5.62.